The van der Waals surface area contributed by atoms with Crippen LogP contribution in [0.5, 0.6) is 0 Å². The Kier molecular flexibility index (Phi) is 8.21. The maximum atomic E-state index is 14.6. The van der Waals surface area contributed by atoms with E-state index in [-0.39, 0.29) is 44.8 Å². The van der Waals surface area contributed by atoms with Crippen molar-refractivity contribution in [1.82, 2.24) is 14.8 Å². The van der Waals surface area contributed by atoms with E-state index < -0.39 is 40.3 Å². The van der Waals surface area contributed by atoms with Crippen LogP contribution in [-0.4, -0.2) is 35.5 Å². The summed E-state index contributed by atoms with van der Waals surface area (Å²) in [5, 5.41) is 20.7. The van der Waals surface area contributed by atoms with Crippen LogP contribution in [0.1, 0.15) is 45.7 Å². The molecular formula is C25H20F5N4O4S2-. The van der Waals surface area contributed by atoms with Crippen LogP contribution in [0.4, 0.5) is 22.0 Å². The molecule has 5 rings (SSSR count). The zero-order valence-electron chi connectivity index (χ0n) is 20.3. The molecule has 2 aromatic carbocycles. The van der Waals surface area contributed by atoms with Crippen LogP contribution in [0.2, 0.25) is 0 Å². The number of thiazole rings is 1. The Morgan fingerprint density at radius 1 is 1.15 bits per heavy atom. The largest absolute Gasteiger partial charge is 0.870 e. The lowest BCUT2D eigenvalue weighted by atomic mass is 9.96. The Balaban J connectivity index is 0.00000370. The van der Waals surface area contributed by atoms with Gasteiger partial charge in [0.05, 0.1) is 21.8 Å². The minimum atomic E-state index is -4.96. The van der Waals surface area contributed by atoms with Gasteiger partial charge in [0.2, 0.25) is 5.13 Å². The fraction of sp³-hybridized carbons (Fsp3) is 0.240. The first-order chi connectivity index (χ1) is 18.4. The fourth-order valence-corrected chi connectivity index (χ4v) is 5.46. The van der Waals surface area contributed by atoms with Crippen LogP contribution in [0.15, 0.2) is 46.7 Å². The number of alkyl halides is 3. The number of rotatable bonds is 8. The lowest BCUT2D eigenvalue weighted by Gasteiger charge is -2.11. The predicted octanol–water partition coefficient (Wildman–Crippen LogP) is 5.34. The van der Waals surface area contributed by atoms with Gasteiger partial charge >= 0.3 is 12.1 Å². The molecule has 1 unspecified atom stereocenters. The second-order valence-corrected chi connectivity index (χ2v) is 11.0. The molecule has 1 fully saturated rings. The molecule has 4 aromatic rings. The minimum Gasteiger partial charge on any atom is -0.870 e. The third-order valence-corrected chi connectivity index (χ3v) is 7.88. The van der Waals surface area contributed by atoms with Crippen LogP contribution in [0.25, 0.3) is 16.4 Å². The highest BCUT2D eigenvalue weighted by atomic mass is 32.2. The molecular weight excluding hydrogens is 579 g/mol. The van der Waals surface area contributed by atoms with Gasteiger partial charge < -0.3 is 10.6 Å². The number of carbonyl (C=O) groups is 1. The number of hydrogen-bond acceptors (Lipinski definition) is 6. The highest BCUT2D eigenvalue weighted by Gasteiger charge is 2.35. The first-order valence-corrected chi connectivity index (χ1v) is 13.6. The van der Waals surface area contributed by atoms with Crippen LogP contribution >= 0.6 is 11.3 Å². The van der Waals surface area contributed by atoms with E-state index in [1.54, 1.807) is 0 Å². The zero-order valence-corrected chi connectivity index (χ0v) is 21.9. The zero-order chi connectivity index (χ0) is 28.1. The van der Waals surface area contributed by atoms with Crippen LogP contribution in [-0.2, 0) is 30.0 Å². The SMILES string of the molecule is NS(=O)c1ccc(Cc2c(-c3ccc(F)c(C(F)(F)F)c3)nn(-c3nc(C(=O)O)cs3)c2CC2CC2)cc1F.[OH-]. The number of nitrogens with two attached hydrogens (primary N) is 1. The van der Waals surface area contributed by atoms with E-state index in [0.29, 0.717) is 35.4 Å². The van der Waals surface area contributed by atoms with Crippen molar-refractivity contribution < 1.29 is 41.5 Å². The standard InChI is InChI=1S/C25H19F5N4O3S2.H2O/c26-17-5-4-14(10-16(17)25(28,29)30)22-15(7-13-3-6-21(39(31)37)18(27)8-13)20(9-12-1-2-12)34(33-22)24-32-19(11-38-24)23(35)36;/h3-6,8,10-12H,1-2,7,9,31H2,(H,35,36);1H2/p-1. The van der Waals surface area contributed by atoms with Gasteiger partial charge in [-0.25, -0.2) is 32.6 Å². The van der Waals surface area contributed by atoms with Crippen molar-refractivity contribution in [1.29, 1.82) is 0 Å². The Bertz CT molecular complexity index is 1620. The number of carboxylic acid groups (broad SMARTS) is 1. The second kappa shape index (κ2) is 11.2. The Morgan fingerprint density at radius 2 is 1.88 bits per heavy atom. The van der Waals surface area contributed by atoms with Crippen LogP contribution < -0.4 is 5.14 Å². The number of nitrogens with zero attached hydrogens (tertiary/aromatic N) is 3. The Labute approximate surface area is 230 Å². The van der Waals surface area contributed by atoms with Gasteiger partial charge in [0, 0.05) is 22.9 Å². The topological polar surface area (TPSA) is 141 Å². The summed E-state index contributed by atoms with van der Waals surface area (Å²) in [5.74, 6) is -3.24. The van der Waals surface area contributed by atoms with Crippen molar-refractivity contribution in [3.63, 3.8) is 0 Å². The van der Waals surface area contributed by atoms with E-state index in [1.807, 2.05) is 0 Å². The molecule has 0 spiro atoms. The van der Waals surface area contributed by atoms with Crippen molar-refractivity contribution in [2.24, 2.45) is 11.1 Å². The first kappa shape index (κ1) is 29.5. The Hall–Kier alpha value is -3.53. The molecule has 40 heavy (non-hydrogen) atoms. The molecule has 8 nitrogen and oxygen atoms in total. The molecule has 15 heteroatoms. The van der Waals surface area contributed by atoms with E-state index in [1.165, 1.54) is 28.3 Å². The molecule has 1 atom stereocenters. The van der Waals surface area contributed by atoms with Crippen LogP contribution in [0, 0.1) is 17.6 Å². The second-order valence-electron chi connectivity index (χ2n) is 9.08. The van der Waals surface area contributed by atoms with Gasteiger partial charge in [-0.1, -0.05) is 6.07 Å². The summed E-state index contributed by atoms with van der Waals surface area (Å²) in [6.45, 7) is 0. The number of aromatic carboxylic acids is 1. The summed E-state index contributed by atoms with van der Waals surface area (Å²) in [7, 11) is -2.06. The quantitative estimate of drug-likeness (QED) is 0.262. The average Bonchev–Trinajstić information content (AvgIpc) is 3.41. The predicted molar refractivity (Wildman–Crippen MR) is 135 cm³/mol. The van der Waals surface area contributed by atoms with Crippen LogP contribution in [0.3, 0.4) is 0 Å². The summed E-state index contributed by atoms with van der Waals surface area (Å²) in [5.41, 5.74) is -0.187. The van der Waals surface area contributed by atoms with E-state index in [0.717, 1.165) is 30.2 Å². The van der Waals surface area contributed by atoms with Gasteiger partial charge in [0.1, 0.15) is 22.6 Å². The normalized spacial score (nSPS) is 14.2. The molecule has 0 radical (unpaired) electrons. The maximum Gasteiger partial charge on any atom is 0.419 e. The highest BCUT2D eigenvalue weighted by molar-refractivity contribution is 7.82. The van der Waals surface area contributed by atoms with Gasteiger partial charge in [-0.15, -0.1) is 11.3 Å². The smallest absolute Gasteiger partial charge is 0.419 e. The number of hydrogen-bond donors (Lipinski definition) is 2. The van der Waals surface area contributed by atoms with Gasteiger partial charge in [0.15, 0.2) is 5.69 Å². The van der Waals surface area contributed by atoms with Gasteiger partial charge in [0.25, 0.3) is 0 Å². The van der Waals surface area contributed by atoms with Crippen molar-refractivity contribution in [2.75, 3.05) is 0 Å². The lowest BCUT2D eigenvalue weighted by Crippen LogP contribution is -2.08. The average molecular weight is 600 g/mol. The van der Waals surface area contributed by atoms with Crippen molar-refractivity contribution in [3.05, 3.63) is 81.5 Å². The highest BCUT2D eigenvalue weighted by Crippen LogP contribution is 2.40. The maximum absolute atomic E-state index is 14.6. The van der Waals surface area contributed by atoms with E-state index in [2.05, 4.69) is 10.1 Å². The molecule has 1 saturated carbocycles. The molecule has 0 bridgehead atoms. The van der Waals surface area contributed by atoms with E-state index >= 15 is 0 Å². The molecule has 1 aliphatic rings. The molecule has 0 saturated heterocycles. The minimum absolute atomic E-state index is 0. The number of aromatic nitrogens is 3. The molecule has 0 aliphatic heterocycles. The number of carboxylic acids is 1. The molecule has 4 N–H and O–H groups in total. The summed E-state index contributed by atoms with van der Waals surface area (Å²) in [6, 6.07) is 6.46. The lowest BCUT2D eigenvalue weighted by molar-refractivity contribution is -0.139. The fourth-order valence-electron chi connectivity index (χ4n) is 4.24. The van der Waals surface area contributed by atoms with Gasteiger partial charge in [-0.3, -0.25) is 0 Å². The molecule has 1 aliphatic carbocycles. The van der Waals surface area contributed by atoms with Gasteiger partial charge in [-0.05, 0) is 61.1 Å². The van der Waals surface area contributed by atoms with Crippen molar-refractivity contribution >= 4 is 28.3 Å². The summed E-state index contributed by atoms with van der Waals surface area (Å²) >= 11 is 0.994. The third-order valence-electron chi connectivity index (χ3n) is 6.30. The van der Waals surface area contributed by atoms with E-state index in [4.69, 9.17) is 5.14 Å². The van der Waals surface area contributed by atoms with Gasteiger partial charge in [-0.2, -0.15) is 18.3 Å². The van der Waals surface area contributed by atoms with Crippen molar-refractivity contribution in [2.45, 2.75) is 36.8 Å². The summed E-state index contributed by atoms with van der Waals surface area (Å²) < 4.78 is 82.3. The number of benzene rings is 2. The molecule has 2 aromatic heterocycles. The first-order valence-electron chi connectivity index (χ1n) is 11.5. The molecule has 0 amide bonds. The monoisotopic (exact) mass is 599 g/mol. The molecule has 2 heterocycles. The summed E-state index contributed by atoms with van der Waals surface area (Å²) in [4.78, 5) is 15.3. The summed E-state index contributed by atoms with van der Waals surface area (Å²) in [6.07, 6.45) is -2.65. The van der Waals surface area contributed by atoms with E-state index in [9.17, 15) is 36.1 Å². The molecule has 212 valence electrons. The van der Waals surface area contributed by atoms with Crippen molar-refractivity contribution in [3.8, 4) is 16.4 Å². The number of halogens is 5. The third kappa shape index (κ3) is 5.96. The Morgan fingerprint density at radius 3 is 2.45 bits per heavy atom.